The molecule has 0 spiro atoms. The van der Waals surface area contributed by atoms with Gasteiger partial charge in [-0.25, -0.2) is 4.79 Å². The van der Waals surface area contributed by atoms with Crippen LogP contribution in [0.25, 0.3) is 6.08 Å². The Labute approximate surface area is 135 Å². The summed E-state index contributed by atoms with van der Waals surface area (Å²) in [5, 5.41) is 0. The number of carbonyl (C=O) groups excluding carboxylic acids is 1. The van der Waals surface area contributed by atoms with Gasteiger partial charge in [0.2, 0.25) is 0 Å². The molecule has 0 N–H and O–H groups in total. The Morgan fingerprint density at radius 2 is 1.73 bits per heavy atom. The van der Waals surface area contributed by atoms with E-state index in [0.29, 0.717) is 12.2 Å². The number of esters is 1. The fourth-order valence-electron chi connectivity index (χ4n) is 1.75. The zero-order valence-corrected chi connectivity index (χ0v) is 13.5. The molecular weight excluding hydrogens is 292 g/mol. The number of hydrogen-bond donors (Lipinski definition) is 0. The number of benzene rings is 2. The lowest BCUT2D eigenvalue weighted by molar-refractivity contribution is -0.138. The van der Waals surface area contributed by atoms with Crippen molar-refractivity contribution in [1.29, 1.82) is 0 Å². The molecule has 112 valence electrons. The van der Waals surface area contributed by atoms with Crippen LogP contribution in [0.2, 0.25) is 0 Å². The molecule has 0 aliphatic heterocycles. The van der Waals surface area contributed by atoms with E-state index in [2.05, 4.69) is 30.0 Å². The zero-order chi connectivity index (χ0) is 15.8. The van der Waals surface area contributed by atoms with Gasteiger partial charge in [-0.1, -0.05) is 42.1 Å². The quantitative estimate of drug-likeness (QED) is 0.443. The molecule has 2 rings (SSSR count). The second kappa shape index (κ2) is 8.28. The van der Waals surface area contributed by atoms with Gasteiger partial charge in [0, 0.05) is 9.79 Å². The highest BCUT2D eigenvalue weighted by Gasteiger charge is 2.02. The molecule has 0 saturated heterocycles. The standard InChI is InChI=1S/C19H18O2S/c1-3-21-19(20)15(2)9-10-16-11-13-18(14-12-16)22-17-7-5-4-6-8-17/h4-8,10-14H,3H2,1-2H3. The molecule has 0 aliphatic carbocycles. The van der Waals surface area contributed by atoms with Gasteiger partial charge in [-0.3, -0.25) is 0 Å². The second-order valence-corrected chi connectivity index (χ2v) is 5.77. The fraction of sp³-hybridized carbons (Fsp3) is 0.158. The monoisotopic (exact) mass is 310 g/mol. The maximum absolute atomic E-state index is 11.5. The first-order valence-electron chi connectivity index (χ1n) is 7.12. The summed E-state index contributed by atoms with van der Waals surface area (Å²) in [5.41, 5.74) is 4.44. The van der Waals surface area contributed by atoms with Crippen LogP contribution in [0.1, 0.15) is 19.4 Å². The molecule has 22 heavy (non-hydrogen) atoms. The van der Waals surface area contributed by atoms with Crippen molar-refractivity contribution in [2.45, 2.75) is 23.6 Å². The third-order valence-corrected chi connectivity index (χ3v) is 3.91. The van der Waals surface area contributed by atoms with Crippen LogP contribution in [-0.4, -0.2) is 12.6 Å². The number of hydrogen-bond acceptors (Lipinski definition) is 3. The van der Waals surface area contributed by atoms with Gasteiger partial charge in [0.25, 0.3) is 0 Å². The lowest BCUT2D eigenvalue weighted by atomic mass is 10.2. The van der Waals surface area contributed by atoms with Crippen LogP contribution in [0.4, 0.5) is 0 Å². The number of carbonyl (C=O) groups is 1. The van der Waals surface area contributed by atoms with Crippen molar-refractivity contribution in [3.8, 4) is 0 Å². The highest BCUT2D eigenvalue weighted by atomic mass is 32.2. The first kappa shape index (κ1) is 16.2. The molecule has 0 amide bonds. The van der Waals surface area contributed by atoms with Gasteiger partial charge in [-0.2, -0.15) is 0 Å². The van der Waals surface area contributed by atoms with Crippen LogP contribution in [-0.2, 0) is 9.53 Å². The van der Waals surface area contributed by atoms with Crippen molar-refractivity contribution in [1.82, 2.24) is 0 Å². The SMILES string of the molecule is CCOC(=O)C(C)=C=Cc1ccc(Sc2ccccc2)cc1. The largest absolute Gasteiger partial charge is 0.462 e. The molecule has 0 aromatic heterocycles. The third kappa shape index (κ3) is 4.96. The highest BCUT2D eigenvalue weighted by molar-refractivity contribution is 7.99. The smallest absolute Gasteiger partial charge is 0.341 e. The van der Waals surface area contributed by atoms with Gasteiger partial charge in [0.15, 0.2) is 0 Å². The first-order chi connectivity index (χ1) is 10.7. The minimum absolute atomic E-state index is 0.324. The Morgan fingerprint density at radius 1 is 1.09 bits per heavy atom. The minimum atomic E-state index is -0.324. The van der Waals surface area contributed by atoms with Crippen LogP contribution in [0.15, 0.2) is 75.7 Å². The lowest BCUT2D eigenvalue weighted by Crippen LogP contribution is -2.03. The van der Waals surface area contributed by atoms with Gasteiger partial charge < -0.3 is 4.74 Å². The fourth-order valence-corrected chi connectivity index (χ4v) is 2.58. The summed E-state index contributed by atoms with van der Waals surface area (Å²) in [6.07, 6.45) is 1.79. The predicted molar refractivity (Wildman–Crippen MR) is 90.8 cm³/mol. The average Bonchev–Trinajstić information content (AvgIpc) is 2.55. The highest BCUT2D eigenvalue weighted by Crippen LogP contribution is 2.27. The van der Waals surface area contributed by atoms with Crippen LogP contribution >= 0.6 is 11.8 Å². The molecule has 2 nitrogen and oxygen atoms in total. The summed E-state index contributed by atoms with van der Waals surface area (Å²) in [6.45, 7) is 3.87. The Morgan fingerprint density at radius 3 is 2.36 bits per heavy atom. The molecule has 0 aliphatic rings. The topological polar surface area (TPSA) is 26.3 Å². The van der Waals surface area contributed by atoms with Crippen LogP contribution in [0.5, 0.6) is 0 Å². The average molecular weight is 310 g/mol. The van der Waals surface area contributed by atoms with E-state index in [1.54, 1.807) is 31.7 Å². The molecule has 2 aromatic carbocycles. The summed E-state index contributed by atoms with van der Waals surface area (Å²) in [4.78, 5) is 13.9. The molecule has 0 heterocycles. The molecule has 3 heteroatoms. The summed E-state index contributed by atoms with van der Waals surface area (Å²) in [7, 11) is 0. The van der Waals surface area contributed by atoms with E-state index < -0.39 is 0 Å². The van der Waals surface area contributed by atoms with Gasteiger partial charge in [-0.05, 0) is 49.8 Å². The molecule has 0 unspecified atom stereocenters. The predicted octanol–water partition coefficient (Wildman–Crippen LogP) is 4.96. The zero-order valence-electron chi connectivity index (χ0n) is 12.7. The number of rotatable bonds is 5. The normalized spacial score (nSPS) is 9.73. The van der Waals surface area contributed by atoms with Gasteiger partial charge >= 0.3 is 5.97 Å². The van der Waals surface area contributed by atoms with E-state index in [9.17, 15) is 4.79 Å². The van der Waals surface area contributed by atoms with Crippen LogP contribution in [0, 0.1) is 0 Å². The van der Waals surface area contributed by atoms with Crippen LogP contribution in [0.3, 0.4) is 0 Å². The van der Waals surface area contributed by atoms with Crippen molar-refractivity contribution in [2.75, 3.05) is 6.61 Å². The Balaban J connectivity index is 2.06. The molecule has 0 bridgehead atoms. The summed E-state index contributed by atoms with van der Waals surface area (Å²) in [5.74, 6) is -0.324. The van der Waals surface area contributed by atoms with Crippen molar-refractivity contribution >= 4 is 23.8 Å². The lowest BCUT2D eigenvalue weighted by Gasteiger charge is -2.01. The summed E-state index contributed by atoms with van der Waals surface area (Å²) < 4.78 is 4.92. The maximum atomic E-state index is 11.5. The van der Waals surface area contributed by atoms with Gasteiger partial charge in [0.05, 0.1) is 12.2 Å². The van der Waals surface area contributed by atoms with Crippen molar-refractivity contribution < 1.29 is 9.53 Å². The molecule has 0 atom stereocenters. The summed E-state index contributed by atoms with van der Waals surface area (Å²) >= 11 is 1.72. The molecule has 0 saturated carbocycles. The van der Waals surface area contributed by atoms with E-state index >= 15 is 0 Å². The Hall–Kier alpha value is -2.22. The van der Waals surface area contributed by atoms with Crippen LogP contribution < -0.4 is 0 Å². The molecule has 2 aromatic rings. The molecule has 0 fully saturated rings. The van der Waals surface area contributed by atoms with E-state index in [-0.39, 0.29) is 5.97 Å². The van der Waals surface area contributed by atoms with E-state index in [1.165, 1.54) is 9.79 Å². The number of ether oxygens (including phenoxy) is 1. The van der Waals surface area contributed by atoms with Gasteiger partial charge in [0.1, 0.15) is 0 Å². The van der Waals surface area contributed by atoms with Crippen molar-refractivity contribution in [3.63, 3.8) is 0 Å². The Bertz CT molecular complexity index is 681. The molecule has 0 radical (unpaired) electrons. The van der Waals surface area contributed by atoms with Crippen molar-refractivity contribution in [3.05, 3.63) is 71.5 Å². The second-order valence-electron chi connectivity index (χ2n) is 4.62. The van der Waals surface area contributed by atoms with Gasteiger partial charge in [-0.15, -0.1) is 5.73 Å². The summed E-state index contributed by atoms with van der Waals surface area (Å²) in [6, 6.07) is 18.4. The Kier molecular flexibility index (Phi) is 6.08. The maximum Gasteiger partial charge on any atom is 0.341 e. The first-order valence-corrected chi connectivity index (χ1v) is 7.94. The minimum Gasteiger partial charge on any atom is -0.462 e. The van der Waals surface area contributed by atoms with E-state index in [1.807, 2.05) is 30.3 Å². The third-order valence-electron chi connectivity index (χ3n) is 2.90. The van der Waals surface area contributed by atoms with Crippen molar-refractivity contribution in [2.24, 2.45) is 0 Å². The molecular formula is C19H18O2S. The van der Waals surface area contributed by atoms with E-state index in [4.69, 9.17) is 4.74 Å². The van der Waals surface area contributed by atoms with E-state index in [0.717, 1.165) is 5.56 Å².